The maximum Gasteiger partial charge on any atom is 0.266 e. The predicted molar refractivity (Wildman–Crippen MR) is 73.4 cm³/mol. The SMILES string of the molecule is CON(C)S(=O)(=O)c1cccc2cc(C)c(Cl)nc12. The van der Waals surface area contributed by atoms with Crippen LogP contribution in [0.4, 0.5) is 0 Å². The summed E-state index contributed by atoms with van der Waals surface area (Å²) in [5.41, 5.74) is 1.13. The van der Waals surface area contributed by atoms with E-state index in [0.717, 1.165) is 10.0 Å². The molecule has 0 radical (unpaired) electrons. The van der Waals surface area contributed by atoms with Gasteiger partial charge < -0.3 is 0 Å². The van der Waals surface area contributed by atoms with Gasteiger partial charge in [-0.2, -0.15) is 0 Å². The van der Waals surface area contributed by atoms with Crippen molar-refractivity contribution in [3.63, 3.8) is 0 Å². The van der Waals surface area contributed by atoms with E-state index in [2.05, 4.69) is 4.98 Å². The molecule has 0 aliphatic heterocycles. The number of hydrogen-bond donors (Lipinski definition) is 0. The molecule has 0 aliphatic rings. The number of fused-ring (bicyclic) bond motifs is 1. The Labute approximate surface area is 116 Å². The first-order valence-electron chi connectivity index (χ1n) is 5.47. The largest absolute Gasteiger partial charge is 0.288 e. The predicted octanol–water partition coefficient (Wildman–Crippen LogP) is 2.38. The van der Waals surface area contributed by atoms with Crippen LogP contribution in [0.3, 0.4) is 0 Å². The zero-order valence-electron chi connectivity index (χ0n) is 10.7. The second-order valence-electron chi connectivity index (χ2n) is 4.02. The fourth-order valence-corrected chi connectivity index (χ4v) is 2.97. The highest BCUT2D eigenvalue weighted by molar-refractivity contribution is 7.89. The summed E-state index contributed by atoms with van der Waals surface area (Å²) in [6, 6.07) is 6.73. The third-order valence-electron chi connectivity index (χ3n) is 2.81. The number of benzene rings is 1. The molecule has 5 nitrogen and oxygen atoms in total. The number of pyridine rings is 1. The lowest BCUT2D eigenvalue weighted by Gasteiger charge is -2.15. The van der Waals surface area contributed by atoms with E-state index in [0.29, 0.717) is 10.9 Å². The zero-order valence-corrected chi connectivity index (χ0v) is 12.3. The Hall–Kier alpha value is -1.21. The van der Waals surface area contributed by atoms with Gasteiger partial charge in [-0.1, -0.05) is 28.2 Å². The molecule has 2 aromatic rings. The number of aromatic nitrogens is 1. The van der Waals surface area contributed by atoms with Crippen LogP contribution in [-0.2, 0) is 14.9 Å². The number of halogens is 1. The Bertz CT molecular complexity index is 731. The van der Waals surface area contributed by atoms with Gasteiger partial charge in [0, 0.05) is 12.4 Å². The van der Waals surface area contributed by atoms with Gasteiger partial charge >= 0.3 is 0 Å². The average molecular weight is 301 g/mol. The van der Waals surface area contributed by atoms with Crippen molar-refractivity contribution in [2.45, 2.75) is 11.8 Å². The van der Waals surface area contributed by atoms with Gasteiger partial charge in [0.25, 0.3) is 10.0 Å². The van der Waals surface area contributed by atoms with Gasteiger partial charge in [0.1, 0.15) is 10.0 Å². The van der Waals surface area contributed by atoms with E-state index in [1.54, 1.807) is 18.2 Å². The second kappa shape index (κ2) is 5.05. The standard InChI is InChI=1S/C12H13ClN2O3S/c1-8-7-9-5-4-6-10(11(9)14-12(8)13)19(16,17)15(2)18-3/h4-7H,1-3H3. The van der Waals surface area contributed by atoms with Gasteiger partial charge in [0.2, 0.25) is 0 Å². The number of aryl methyl sites for hydroxylation is 1. The highest BCUT2D eigenvalue weighted by atomic mass is 35.5. The topological polar surface area (TPSA) is 59.5 Å². The summed E-state index contributed by atoms with van der Waals surface area (Å²) < 4.78 is 25.4. The van der Waals surface area contributed by atoms with E-state index >= 15 is 0 Å². The van der Waals surface area contributed by atoms with Crippen molar-refractivity contribution in [2.24, 2.45) is 0 Å². The number of hydrogen-bond acceptors (Lipinski definition) is 4. The van der Waals surface area contributed by atoms with Crippen LogP contribution in [0, 0.1) is 6.92 Å². The quantitative estimate of drug-likeness (QED) is 0.645. The van der Waals surface area contributed by atoms with Crippen molar-refractivity contribution in [1.82, 2.24) is 9.45 Å². The molecule has 19 heavy (non-hydrogen) atoms. The summed E-state index contributed by atoms with van der Waals surface area (Å²) in [7, 11) is -1.15. The molecule has 102 valence electrons. The number of nitrogens with zero attached hydrogens (tertiary/aromatic N) is 2. The highest BCUT2D eigenvalue weighted by Crippen LogP contribution is 2.27. The molecular weight excluding hydrogens is 288 g/mol. The van der Waals surface area contributed by atoms with Crippen LogP contribution in [0.5, 0.6) is 0 Å². The molecule has 0 saturated carbocycles. The molecule has 0 fully saturated rings. The van der Waals surface area contributed by atoms with Gasteiger partial charge in [-0.05, 0) is 24.6 Å². The lowest BCUT2D eigenvalue weighted by Crippen LogP contribution is -2.26. The molecule has 2 rings (SSSR count). The summed E-state index contributed by atoms with van der Waals surface area (Å²) >= 11 is 5.97. The van der Waals surface area contributed by atoms with E-state index in [4.69, 9.17) is 16.4 Å². The van der Waals surface area contributed by atoms with Crippen LogP contribution in [0.25, 0.3) is 10.9 Å². The van der Waals surface area contributed by atoms with E-state index in [1.807, 2.05) is 6.92 Å². The molecule has 0 saturated heterocycles. The van der Waals surface area contributed by atoms with E-state index in [1.165, 1.54) is 20.2 Å². The molecule has 0 bridgehead atoms. The third kappa shape index (κ3) is 2.44. The Morgan fingerprint density at radius 1 is 1.37 bits per heavy atom. The Kier molecular flexibility index (Phi) is 3.78. The molecule has 1 aromatic heterocycles. The van der Waals surface area contributed by atoms with E-state index in [9.17, 15) is 8.42 Å². The van der Waals surface area contributed by atoms with Crippen LogP contribution in [0.1, 0.15) is 5.56 Å². The summed E-state index contributed by atoms with van der Waals surface area (Å²) in [4.78, 5) is 8.98. The number of para-hydroxylation sites is 1. The molecular formula is C12H13ClN2O3S. The van der Waals surface area contributed by atoms with Crippen molar-refractivity contribution >= 4 is 32.5 Å². The molecule has 1 aromatic carbocycles. The average Bonchev–Trinajstić information content (AvgIpc) is 2.38. The summed E-state index contributed by atoms with van der Waals surface area (Å²) in [6.07, 6.45) is 0. The van der Waals surface area contributed by atoms with Gasteiger partial charge in [-0.15, -0.1) is 0 Å². The molecule has 7 heteroatoms. The summed E-state index contributed by atoms with van der Waals surface area (Å²) in [5, 5.41) is 1.00. The maximum absolute atomic E-state index is 12.3. The third-order valence-corrected chi connectivity index (χ3v) is 4.90. The molecule has 0 aliphatic carbocycles. The first-order chi connectivity index (χ1) is 8.87. The van der Waals surface area contributed by atoms with Crippen molar-refractivity contribution < 1.29 is 13.3 Å². The van der Waals surface area contributed by atoms with Crippen molar-refractivity contribution in [3.05, 3.63) is 35.0 Å². The maximum atomic E-state index is 12.3. The number of sulfonamides is 1. The zero-order chi connectivity index (χ0) is 14.2. The molecule has 0 unspecified atom stereocenters. The minimum absolute atomic E-state index is 0.0660. The fraction of sp³-hybridized carbons (Fsp3) is 0.250. The van der Waals surface area contributed by atoms with E-state index < -0.39 is 10.0 Å². The van der Waals surface area contributed by atoms with Gasteiger partial charge in [-0.3, -0.25) is 4.84 Å². The normalized spacial score (nSPS) is 12.3. The van der Waals surface area contributed by atoms with Crippen molar-refractivity contribution in [3.8, 4) is 0 Å². The van der Waals surface area contributed by atoms with Gasteiger partial charge in [0.15, 0.2) is 0 Å². The minimum atomic E-state index is -3.76. The lowest BCUT2D eigenvalue weighted by atomic mass is 10.2. The Morgan fingerprint density at radius 2 is 2.05 bits per heavy atom. The second-order valence-corrected chi connectivity index (χ2v) is 6.28. The van der Waals surface area contributed by atoms with Crippen LogP contribution in [0.2, 0.25) is 5.15 Å². The van der Waals surface area contributed by atoms with Gasteiger partial charge in [0.05, 0.1) is 12.6 Å². The van der Waals surface area contributed by atoms with Crippen LogP contribution >= 0.6 is 11.6 Å². The van der Waals surface area contributed by atoms with E-state index in [-0.39, 0.29) is 10.0 Å². The molecule has 0 amide bonds. The molecule has 0 spiro atoms. The fourth-order valence-electron chi connectivity index (χ4n) is 1.70. The van der Waals surface area contributed by atoms with Crippen molar-refractivity contribution in [1.29, 1.82) is 0 Å². The monoisotopic (exact) mass is 300 g/mol. The number of hydroxylamine groups is 1. The smallest absolute Gasteiger partial charge is 0.266 e. The van der Waals surface area contributed by atoms with Crippen molar-refractivity contribution in [2.75, 3.05) is 14.2 Å². The Morgan fingerprint density at radius 3 is 2.68 bits per heavy atom. The first kappa shape index (κ1) is 14.2. The summed E-state index contributed by atoms with van der Waals surface area (Å²) in [6.45, 7) is 1.82. The van der Waals surface area contributed by atoms with Gasteiger partial charge in [-0.25, -0.2) is 13.4 Å². The lowest BCUT2D eigenvalue weighted by molar-refractivity contribution is -0.0257. The summed E-state index contributed by atoms with van der Waals surface area (Å²) in [5.74, 6) is 0. The van der Waals surface area contributed by atoms with Crippen LogP contribution in [0.15, 0.2) is 29.2 Å². The molecule has 1 heterocycles. The Balaban J connectivity index is 2.79. The highest BCUT2D eigenvalue weighted by Gasteiger charge is 2.24. The molecule has 0 atom stereocenters. The first-order valence-corrected chi connectivity index (χ1v) is 7.28. The van der Waals surface area contributed by atoms with Crippen LogP contribution < -0.4 is 0 Å². The molecule has 0 N–H and O–H groups in total. The number of rotatable bonds is 3. The van der Waals surface area contributed by atoms with Crippen LogP contribution in [-0.4, -0.2) is 32.0 Å². The minimum Gasteiger partial charge on any atom is -0.288 e.